The number of benzene rings is 1. The zero-order valence-electron chi connectivity index (χ0n) is 10.7. The molecule has 1 aromatic carbocycles. The van der Waals surface area contributed by atoms with Gasteiger partial charge in [0.1, 0.15) is 0 Å². The third kappa shape index (κ3) is 3.30. The summed E-state index contributed by atoms with van der Waals surface area (Å²) in [5, 5.41) is 12.2. The number of aliphatic hydroxyl groups is 1. The Morgan fingerprint density at radius 1 is 1.24 bits per heavy atom. The second-order valence-electron chi connectivity index (χ2n) is 4.99. The Morgan fingerprint density at radius 3 is 2.88 bits per heavy atom. The van der Waals surface area contributed by atoms with Crippen molar-refractivity contribution in [2.45, 2.75) is 45.1 Å². The van der Waals surface area contributed by atoms with Gasteiger partial charge in [0.25, 0.3) is 0 Å². The maximum Gasteiger partial charge on any atom is 0.0431 e. The molecule has 0 aliphatic heterocycles. The largest absolute Gasteiger partial charge is 0.396 e. The minimum absolute atomic E-state index is 0.301. The SMILES string of the molecule is CC(NCCCCO)c1ccc2c(c1)CCC2. The van der Waals surface area contributed by atoms with Crippen LogP contribution in [0.5, 0.6) is 0 Å². The number of nitrogens with one attached hydrogen (secondary N) is 1. The summed E-state index contributed by atoms with van der Waals surface area (Å²) in [6.45, 7) is 3.50. The van der Waals surface area contributed by atoms with Crippen molar-refractivity contribution in [3.05, 3.63) is 34.9 Å². The van der Waals surface area contributed by atoms with E-state index in [9.17, 15) is 0 Å². The first-order valence-electron chi connectivity index (χ1n) is 6.77. The molecule has 0 amide bonds. The summed E-state index contributed by atoms with van der Waals surface area (Å²) in [5.74, 6) is 0. The van der Waals surface area contributed by atoms with Gasteiger partial charge in [0.2, 0.25) is 0 Å². The van der Waals surface area contributed by atoms with Crippen LogP contribution in [0, 0.1) is 0 Å². The van der Waals surface area contributed by atoms with Crippen LogP contribution in [0.25, 0.3) is 0 Å². The Bertz CT molecular complexity index is 362. The number of fused-ring (bicyclic) bond motifs is 1. The van der Waals surface area contributed by atoms with E-state index >= 15 is 0 Å². The van der Waals surface area contributed by atoms with Gasteiger partial charge in [-0.2, -0.15) is 0 Å². The van der Waals surface area contributed by atoms with Crippen LogP contribution in [0.2, 0.25) is 0 Å². The third-order valence-corrected chi connectivity index (χ3v) is 3.66. The van der Waals surface area contributed by atoms with Gasteiger partial charge in [0.15, 0.2) is 0 Å². The molecule has 17 heavy (non-hydrogen) atoms. The quantitative estimate of drug-likeness (QED) is 0.740. The van der Waals surface area contributed by atoms with Gasteiger partial charge in [-0.05, 0) is 62.3 Å². The molecule has 0 fully saturated rings. The first-order chi connectivity index (χ1) is 8.31. The van der Waals surface area contributed by atoms with E-state index in [-0.39, 0.29) is 0 Å². The molecule has 1 unspecified atom stereocenters. The Morgan fingerprint density at radius 2 is 2.06 bits per heavy atom. The van der Waals surface area contributed by atoms with E-state index in [0.717, 1.165) is 19.4 Å². The molecule has 2 N–H and O–H groups in total. The number of aliphatic hydroxyl groups excluding tert-OH is 1. The molecular weight excluding hydrogens is 210 g/mol. The Hall–Kier alpha value is -0.860. The number of hydrogen-bond donors (Lipinski definition) is 2. The lowest BCUT2D eigenvalue weighted by atomic mass is 10.0. The smallest absolute Gasteiger partial charge is 0.0431 e. The topological polar surface area (TPSA) is 32.3 Å². The fourth-order valence-corrected chi connectivity index (χ4v) is 2.53. The summed E-state index contributed by atoms with van der Waals surface area (Å²) >= 11 is 0. The van der Waals surface area contributed by atoms with Crippen molar-refractivity contribution in [3.8, 4) is 0 Å². The summed E-state index contributed by atoms with van der Waals surface area (Å²) in [4.78, 5) is 0. The van der Waals surface area contributed by atoms with Crippen molar-refractivity contribution in [2.75, 3.05) is 13.2 Å². The fourth-order valence-electron chi connectivity index (χ4n) is 2.53. The number of aryl methyl sites for hydroxylation is 2. The Kier molecular flexibility index (Phi) is 4.57. The van der Waals surface area contributed by atoms with Crippen molar-refractivity contribution in [3.63, 3.8) is 0 Å². The van der Waals surface area contributed by atoms with E-state index in [2.05, 4.69) is 30.4 Å². The van der Waals surface area contributed by atoms with Gasteiger partial charge in [0.05, 0.1) is 0 Å². The number of hydrogen-bond acceptors (Lipinski definition) is 2. The highest BCUT2D eigenvalue weighted by molar-refractivity contribution is 5.36. The normalized spacial score (nSPS) is 15.9. The molecule has 0 saturated heterocycles. The zero-order chi connectivity index (χ0) is 12.1. The molecule has 1 aliphatic rings. The summed E-state index contributed by atoms with van der Waals surface area (Å²) < 4.78 is 0. The molecule has 0 spiro atoms. The first kappa shape index (κ1) is 12.6. The fraction of sp³-hybridized carbons (Fsp3) is 0.600. The van der Waals surface area contributed by atoms with Gasteiger partial charge in [-0.15, -0.1) is 0 Å². The minimum atomic E-state index is 0.301. The van der Waals surface area contributed by atoms with E-state index in [1.54, 1.807) is 11.1 Å². The van der Waals surface area contributed by atoms with Crippen LogP contribution in [0.3, 0.4) is 0 Å². The number of rotatable bonds is 6. The molecule has 94 valence electrons. The van der Waals surface area contributed by atoms with Crippen LogP contribution in [0.1, 0.15) is 48.9 Å². The van der Waals surface area contributed by atoms with E-state index < -0.39 is 0 Å². The lowest BCUT2D eigenvalue weighted by Gasteiger charge is -2.15. The van der Waals surface area contributed by atoms with Gasteiger partial charge >= 0.3 is 0 Å². The summed E-state index contributed by atoms with van der Waals surface area (Å²) in [5.41, 5.74) is 4.49. The van der Waals surface area contributed by atoms with Crippen LogP contribution < -0.4 is 5.32 Å². The van der Waals surface area contributed by atoms with Crippen molar-refractivity contribution >= 4 is 0 Å². The van der Waals surface area contributed by atoms with Crippen molar-refractivity contribution in [2.24, 2.45) is 0 Å². The molecule has 0 radical (unpaired) electrons. The highest BCUT2D eigenvalue weighted by atomic mass is 16.2. The highest BCUT2D eigenvalue weighted by Gasteiger charge is 2.12. The van der Waals surface area contributed by atoms with Crippen molar-refractivity contribution in [1.29, 1.82) is 0 Å². The van der Waals surface area contributed by atoms with Crippen LogP contribution in [0.15, 0.2) is 18.2 Å². The van der Waals surface area contributed by atoms with Gasteiger partial charge < -0.3 is 10.4 Å². The second kappa shape index (κ2) is 6.18. The van der Waals surface area contributed by atoms with Crippen LogP contribution in [-0.4, -0.2) is 18.3 Å². The molecule has 0 saturated carbocycles. The predicted octanol–water partition coefficient (Wildman–Crippen LogP) is 2.60. The van der Waals surface area contributed by atoms with Gasteiger partial charge in [-0.25, -0.2) is 0 Å². The maximum absolute atomic E-state index is 8.73. The Labute approximate surface area is 104 Å². The maximum atomic E-state index is 8.73. The average molecular weight is 233 g/mol. The van der Waals surface area contributed by atoms with Gasteiger partial charge in [-0.1, -0.05) is 18.2 Å². The molecule has 0 aromatic heterocycles. The van der Waals surface area contributed by atoms with Crippen molar-refractivity contribution in [1.82, 2.24) is 5.32 Å². The molecular formula is C15H23NO. The molecule has 1 aromatic rings. The third-order valence-electron chi connectivity index (χ3n) is 3.66. The van der Waals surface area contributed by atoms with E-state index in [0.29, 0.717) is 12.6 Å². The van der Waals surface area contributed by atoms with E-state index in [1.807, 2.05) is 0 Å². The van der Waals surface area contributed by atoms with Gasteiger partial charge in [0, 0.05) is 12.6 Å². The predicted molar refractivity (Wildman–Crippen MR) is 71.2 cm³/mol. The molecule has 2 heteroatoms. The van der Waals surface area contributed by atoms with E-state index in [1.165, 1.54) is 24.8 Å². The molecule has 0 bridgehead atoms. The minimum Gasteiger partial charge on any atom is -0.396 e. The molecule has 0 heterocycles. The molecule has 2 nitrogen and oxygen atoms in total. The van der Waals surface area contributed by atoms with Crippen LogP contribution in [-0.2, 0) is 12.8 Å². The number of unbranched alkanes of at least 4 members (excludes halogenated alkanes) is 1. The Balaban J connectivity index is 1.88. The van der Waals surface area contributed by atoms with Crippen LogP contribution in [0.4, 0.5) is 0 Å². The lowest BCUT2D eigenvalue weighted by molar-refractivity contribution is 0.283. The zero-order valence-corrected chi connectivity index (χ0v) is 10.7. The summed E-state index contributed by atoms with van der Waals surface area (Å²) in [6, 6.07) is 7.34. The highest BCUT2D eigenvalue weighted by Crippen LogP contribution is 2.25. The first-order valence-corrected chi connectivity index (χ1v) is 6.77. The summed E-state index contributed by atoms with van der Waals surface area (Å²) in [6.07, 6.45) is 5.76. The summed E-state index contributed by atoms with van der Waals surface area (Å²) in [7, 11) is 0. The van der Waals surface area contributed by atoms with Crippen LogP contribution >= 0.6 is 0 Å². The lowest BCUT2D eigenvalue weighted by Crippen LogP contribution is -2.20. The second-order valence-corrected chi connectivity index (χ2v) is 4.99. The monoisotopic (exact) mass is 233 g/mol. The average Bonchev–Trinajstić information content (AvgIpc) is 2.81. The van der Waals surface area contributed by atoms with Crippen molar-refractivity contribution < 1.29 is 5.11 Å². The standard InChI is InChI=1S/C15H23NO/c1-12(16-9-2-3-10-17)14-8-7-13-5-4-6-15(13)11-14/h7-8,11-12,16-17H,2-6,9-10H2,1H3. The molecule has 1 aliphatic carbocycles. The van der Waals surface area contributed by atoms with Gasteiger partial charge in [-0.3, -0.25) is 0 Å². The molecule has 2 rings (SSSR count). The van der Waals surface area contributed by atoms with E-state index in [4.69, 9.17) is 5.11 Å². The molecule has 1 atom stereocenters.